The van der Waals surface area contributed by atoms with Gasteiger partial charge in [0, 0.05) is 18.2 Å². The number of nitrogens with one attached hydrogen (secondary N) is 1. The summed E-state index contributed by atoms with van der Waals surface area (Å²) in [6.07, 6.45) is 0.933. The van der Waals surface area contributed by atoms with E-state index in [2.05, 4.69) is 11.6 Å². The largest absolute Gasteiger partial charge is 0.349 e. The molecule has 0 saturated carbocycles. The second-order valence-electron chi connectivity index (χ2n) is 6.75. The molecule has 2 fully saturated rings. The van der Waals surface area contributed by atoms with E-state index in [0.717, 1.165) is 11.1 Å². The van der Waals surface area contributed by atoms with Crippen LogP contribution in [0.4, 0.5) is 0 Å². The zero-order valence-electron chi connectivity index (χ0n) is 15.4. The van der Waals surface area contributed by atoms with E-state index >= 15 is 0 Å². The summed E-state index contributed by atoms with van der Waals surface area (Å²) in [4.78, 5) is 25.9. The summed E-state index contributed by atoms with van der Waals surface area (Å²) in [5.41, 5.74) is 1.39. The van der Waals surface area contributed by atoms with Crippen molar-refractivity contribution in [3.05, 3.63) is 75.1 Å². The molecule has 1 aromatic carbocycles. The molecule has 9 heteroatoms. The minimum atomic E-state index is -1.52. The molecule has 0 amide bonds. The Labute approximate surface area is 162 Å². The van der Waals surface area contributed by atoms with E-state index in [1.165, 1.54) is 10.8 Å². The number of aromatic nitrogens is 2. The molecule has 2 aromatic rings. The van der Waals surface area contributed by atoms with E-state index in [4.69, 9.17) is 18.3 Å². The summed E-state index contributed by atoms with van der Waals surface area (Å²) in [5.74, 6) is 0. The van der Waals surface area contributed by atoms with E-state index < -0.39 is 26.1 Å². The fourth-order valence-corrected chi connectivity index (χ4v) is 4.33. The Morgan fingerprint density at radius 3 is 2.89 bits per heavy atom. The molecule has 2 aliphatic heterocycles. The molecule has 0 bridgehead atoms. The molecule has 4 atom stereocenters. The fraction of sp³-hybridized carbons (Fsp3) is 0.368. The number of ether oxygens (including phenoxy) is 1. The van der Waals surface area contributed by atoms with E-state index in [1.807, 2.05) is 30.3 Å². The van der Waals surface area contributed by atoms with Crippen LogP contribution in [0.25, 0.3) is 5.57 Å². The standard InChI is InChI=1S/C19H21N2O6P/c1-12-9-21(19(23)20-18(12)22)17-8-15-16(26-17)11-25-28(27-15)24-10-13(2)14-6-4-3-5-7-14/h3-7,9,15-17H,2,8,10-11H2,1H3,(H,20,22,23)/t15-,16+,17+,28-/m0/s1. The Morgan fingerprint density at radius 1 is 1.32 bits per heavy atom. The number of hydrogen-bond acceptors (Lipinski definition) is 6. The Hall–Kier alpha value is -2.09. The zero-order chi connectivity index (χ0) is 19.7. The summed E-state index contributed by atoms with van der Waals surface area (Å²) >= 11 is 0. The average molecular weight is 404 g/mol. The SMILES string of the molecule is C=C(CO[P@@]1OC[C@H]2O[C@@H](n3cc(C)c(=O)[nH]c3=O)C[C@@H]2O1)c1ccccc1. The van der Waals surface area contributed by atoms with Crippen molar-refractivity contribution in [2.75, 3.05) is 13.2 Å². The fourth-order valence-electron chi connectivity index (χ4n) is 3.16. The highest BCUT2D eigenvalue weighted by Gasteiger charge is 2.43. The monoisotopic (exact) mass is 404 g/mol. The maximum Gasteiger partial charge on any atom is 0.333 e. The smallest absolute Gasteiger partial charge is 0.333 e. The van der Waals surface area contributed by atoms with Gasteiger partial charge in [-0.25, -0.2) is 4.79 Å². The van der Waals surface area contributed by atoms with E-state index in [-0.39, 0.29) is 12.2 Å². The van der Waals surface area contributed by atoms with Gasteiger partial charge in [-0.1, -0.05) is 36.9 Å². The zero-order valence-corrected chi connectivity index (χ0v) is 16.3. The molecule has 3 heterocycles. The van der Waals surface area contributed by atoms with Crippen LogP contribution in [0.15, 0.2) is 52.7 Å². The normalized spacial score (nSPS) is 26.8. The van der Waals surface area contributed by atoms with Crippen molar-refractivity contribution in [1.82, 2.24) is 9.55 Å². The van der Waals surface area contributed by atoms with Gasteiger partial charge in [-0.05, 0) is 18.1 Å². The summed E-state index contributed by atoms with van der Waals surface area (Å²) in [6, 6.07) is 9.77. The summed E-state index contributed by atoms with van der Waals surface area (Å²) in [7, 11) is -1.52. The number of hydrogen-bond donors (Lipinski definition) is 1. The molecule has 0 unspecified atom stereocenters. The van der Waals surface area contributed by atoms with Crippen molar-refractivity contribution in [2.24, 2.45) is 0 Å². The predicted molar refractivity (Wildman–Crippen MR) is 104 cm³/mol. The first kappa shape index (κ1) is 19.2. The van der Waals surface area contributed by atoms with Gasteiger partial charge >= 0.3 is 14.3 Å². The van der Waals surface area contributed by atoms with Gasteiger partial charge in [0.1, 0.15) is 12.3 Å². The first-order valence-corrected chi connectivity index (χ1v) is 10.0. The highest BCUT2D eigenvalue weighted by Crippen LogP contribution is 2.50. The van der Waals surface area contributed by atoms with Crippen molar-refractivity contribution < 1.29 is 18.3 Å². The van der Waals surface area contributed by atoms with Crippen molar-refractivity contribution in [2.45, 2.75) is 31.8 Å². The van der Waals surface area contributed by atoms with Gasteiger partial charge in [0.2, 0.25) is 0 Å². The Kier molecular flexibility index (Phi) is 5.57. The number of aryl methyl sites for hydroxylation is 1. The van der Waals surface area contributed by atoms with E-state index in [1.54, 1.807) is 6.92 Å². The second-order valence-corrected chi connectivity index (χ2v) is 7.92. The molecule has 0 spiro atoms. The average Bonchev–Trinajstić information content (AvgIpc) is 3.12. The van der Waals surface area contributed by atoms with Crippen molar-refractivity contribution in [3.8, 4) is 0 Å². The molecule has 0 aliphatic carbocycles. The quantitative estimate of drug-likeness (QED) is 0.770. The molecule has 2 aliphatic rings. The number of H-pyrrole nitrogens is 1. The van der Waals surface area contributed by atoms with Crippen LogP contribution in [0.5, 0.6) is 0 Å². The molecule has 2 saturated heterocycles. The molecular weight excluding hydrogens is 383 g/mol. The number of rotatable bonds is 5. The summed E-state index contributed by atoms with van der Waals surface area (Å²) in [6.45, 7) is 6.30. The van der Waals surface area contributed by atoms with Gasteiger partial charge < -0.3 is 18.3 Å². The molecule has 0 radical (unpaired) electrons. The molecule has 1 N–H and O–H groups in total. The first-order valence-electron chi connectivity index (χ1n) is 8.94. The van der Waals surface area contributed by atoms with Crippen LogP contribution in [0.2, 0.25) is 0 Å². The van der Waals surface area contributed by atoms with Crippen LogP contribution in [0.3, 0.4) is 0 Å². The lowest BCUT2D eigenvalue weighted by Gasteiger charge is -2.29. The minimum Gasteiger partial charge on any atom is -0.349 e. The van der Waals surface area contributed by atoms with Crippen molar-refractivity contribution >= 4 is 14.2 Å². The number of aromatic amines is 1. The topological polar surface area (TPSA) is 91.8 Å². The van der Waals surface area contributed by atoms with Crippen LogP contribution in [-0.4, -0.2) is 35.0 Å². The van der Waals surface area contributed by atoms with E-state index in [0.29, 0.717) is 25.2 Å². The number of benzene rings is 1. The number of fused-ring (bicyclic) bond motifs is 1. The highest BCUT2D eigenvalue weighted by atomic mass is 31.2. The Morgan fingerprint density at radius 2 is 2.11 bits per heavy atom. The van der Waals surface area contributed by atoms with Crippen molar-refractivity contribution in [3.63, 3.8) is 0 Å². The molecular formula is C19H21N2O6P. The molecule has 28 heavy (non-hydrogen) atoms. The molecule has 148 valence electrons. The maximum absolute atomic E-state index is 12.1. The maximum atomic E-state index is 12.1. The van der Waals surface area contributed by atoms with Gasteiger partial charge in [-0.3, -0.25) is 14.3 Å². The third-order valence-corrected chi connectivity index (χ3v) is 5.87. The molecule has 4 rings (SSSR count). The second kappa shape index (κ2) is 8.11. The van der Waals surface area contributed by atoms with Crippen LogP contribution in [0, 0.1) is 6.92 Å². The third-order valence-electron chi connectivity index (χ3n) is 4.73. The Balaban J connectivity index is 1.36. The van der Waals surface area contributed by atoms with Crippen molar-refractivity contribution in [1.29, 1.82) is 0 Å². The Bertz CT molecular complexity index is 972. The lowest BCUT2D eigenvalue weighted by molar-refractivity contribution is -0.0614. The molecule has 8 nitrogen and oxygen atoms in total. The van der Waals surface area contributed by atoms with Gasteiger partial charge in [0.25, 0.3) is 5.56 Å². The number of nitrogens with zero attached hydrogens (tertiary/aromatic N) is 1. The highest BCUT2D eigenvalue weighted by molar-refractivity contribution is 7.41. The van der Waals surface area contributed by atoms with Gasteiger partial charge in [0.15, 0.2) is 0 Å². The third kappa shape index (κ3) is 4.01. The van der Waals surface area contributed by atoms with Crippen LogP contribution < -0.4 is 11.2 Å². The van der Waals surface area contributed by atoms with Gasteiger partial charge in [0.05, 0.1) is 19.3 Å². The van der Waals surface area contributed by atoms with E-state index in [9.17, 15) is 9.59 Å². The van der Waals surface area contributed by atoms with Crippen LogP contribution in [0.1, 0.15) is 23.8 Å². The molecule has 1 aromatic heterocycles. The predicted octanol–water partition coefficient (Wildman–Crippen LogP) is 2.50. The minimum absolute atomic E-state index is 0.242. The van der Waals surface area contributed by atoms with Crippen LogP contribution >= 0.6 is 8.60 Å². The summed E-state index contributed by atoms with van der Waals surface area (Å²) in [5, 5.41) is 0. The lowest BCUT2D eigenvalue weighted by Crippen LogP contribution is -2.33. The lowest BCUT2D eigenvalue weighted by atomic mass is 10.1. The van der Waals surface area contributed by atoms with Gasteiger partial charge in [-0.15, -0.1) is 0 Å². The van der Waals surface area contributed by atoms with Gasteiger partial charge in [-0.2, -0.15) is 0 Å². The summed E-state index contributed by atoms with van der Waals surface area (Å²) < 4.78 is 24.6. The first-order chi connectivity index (χ1) is 13.5. The van der Waals surface area contributed by atoms with Crippen LogP contribution in [-0.2, 0) is 18.3 Å².